The van der Waals surface area contributed by atoms with Crippen LogP contribution in [0.2, 0.25) is 0 Å². The highest BCUT2D eigenvalue weighted by Crippen LogP contribution is 2.76. The molecule has 2 amide bonds. The molecule has 1 aromatic carbocycles. The quantitative estimate of drug-likeness (QED) is 0.299. The lowest BCUT2D eigenvalue weighted by molar-refractivity contribution is -0.231. The van der Waals surface area contributed by atoms with Crippen LogP contribution < -0.4 is 5.32 Å². The van der Waals surface area contributed by atoms with Gasteiger partial charge in [-0.1, -0.05) is 78.8 Å². The van der Waals surface area contributed by atoms with Crippen molar-refractivity contribution in [3.63, 3.8) is 0 Å². The van der Waals surface area contributed by atoms with Crippen molar-refractivity contribution in [3.05, 3.63) is 53.5 Å². The zero-order chi connectivity index (χ0) is 37.7. The molecule has 5 aliphatic carbocycles. The summed E-state index contributed by atoms with van der Waals surface area (Å²) in [6.07, 6.45) is 12.2. The summed E-state index contributed by atoms with van der Waals surface area (Å²) in [7, 11) is 0. The molecule has 1 aromatic heterocycles. The Morgan fingerprint density at radius 1 is 0.925 bits per heavy atom. The number of aromatic amines is 1. The second kappa shape index (κ2) is 12.6. The molecule has 8 nitrogen and oxygen atoms in total. The third-order valence-corrected chi connectivity index (χ3v) is 16.5. The van der Waals surface area contributed by atoms with Crippen molar-refractivity contribution >= 4 is 17.8 Å². The average molecular weight is 723 g/mol. The van der Waals surface area contributed by atoms with Gasteiger partial charge in [0, 0.05) is 25.3 Å². The summed E-state index contributed by atoms with van der Waals surface area (Å²) >= 11 is 0. The minimum absolute atomic E-state index is 0.00722. The molecule has 9 atom stereocenters. The molecule has 1 saturated heterocycles. The maximum atomic E-state index is 14.6. The molecule has 2 N–H and O–H groups in total. The summed E-state index contributed by atoms with van der Waals surface area (Å²) in [5, 5.41) is 3.63. The van der Waals surface area contributed by atoms with E-state index >= 15 is 0 Å². The van der Waals surface area contributed by atoms with Gasteiger partial charge in [0.05, 0.1) is 23.5 Å². The van der Waals surface area contributed by atoms with Gasteiger partial charge in [-0.3, -0.25) is 9.59 Å². The van der Waals surface area contributed by atoms with E-state index in [4.69, 9.17) is 9.72 Å². The van der Waals surface area contributed by atoms with Crippen LogP contribution in [0, 0.1) is 45.3 Å². The molecular formula is C45H62N4O4. The number of imidazole rings is 1. The molecule has 286 valence electrons. The third-order valence-electron chi connectivity index (χ3n) is 16.5. The van der Waals surface area contributed by atoms with Crippen LogP contribution in [0.15, 0.2) is 47.7 Å². The number of amides is 2. The number of carbonyl (C=O) groups is 3. The molecular weight excluding hydrogens is 661 g/mol. The van der Waals surface area contributed by atoms with Crippen molar-refractivity contribution in [3.8, 4) is 11.3 Å². The highest BCUT2D eigenvalue weighted by molar-refractivity contribution is 6.02. The van der Waals surface area contributed by atoms with Gasteiger partial charge in [0.25, 0.3) is 0 Å². The number of aromatic nitrogens is 2. The van der Waals surface area contributed by atoms with Crippen molar-refractivity contribution < 1.29 is 19.1 Å². The SMILES string of the molecule is CC(=O)OC1CCC2(C)C(CCC3(C)C2CCC2C4=C(C(C)C)C(=O)CC4(NC(=O)N4CCCC4c4ncc(-c5ccccc5)[nH]4)CCC23C)C1(C)C. The molecule has 5 fully saturated rings. The van der Waals surface area contributed by atoms with E-state index in [0.29, 0.717) is 24.8 Å². The van der Waals surface area contributed by atoms with Crippen LogP contribution in [0.1, 0.15) is 138 Å². The number of rotatable bonds is 5. The fraction of sp³-hybridized carbons (Fsp3) is 0.689. The van der Waals surface area contributed by atoms with E-state index in [-0.39, 0.29) is 63.4 Å². The zero-order valence-corrected chi connectivity index (χ0v) is 33.4. The van der Waals surface area contributed by atoms with Gasteiger partial charge in [-0.05, 0) is 121 Å². The second-order valence-corrected chi connectivity index (χ2v) is 19.6. The van der Waals surface area contributed by atoms with Gasteiger partial charge < -0.3 is 19.9 Å². The first-order chi connectivity index (χ1) is 25.1. The van der Waals surface area contributed by atoms with E-state index in [1.165, 1.54) is 5.57 Å². The Morgan fingerprint density at radius 3 is 2.40 bits per heavy atom. The molecule has 2 aromatic rings. The van der Waals surface area contributed by atoms with Crippen LogP contribution in [0.25, 0.3) is 11.3 Å². The maximum absolute atomic E-state index is 14.6. The first-order valence-electron chi connectivity index (χ1n) is 20.7. The van der Waals surface area contributed by atoms with E-state index in [9.17, 15) is 14.4 Å². The Kier molecular flexibility index (Phi) is 8.66. The van der Waals surface area contributed by atoms with Gasteiger partial charge in [0.1, 0.15) is 11.9 Å². The number of nitrogens with one attached hydrogen (secondary N) is 2. The average Bonchev–Trinajstić information content (AvgIpc) is 3.84. The number of H-pyrrole nitrogens is 1. The predicted octanol–water partition coefficient (Wildman–Crippen LogP) is 9.59. The second-order valence-electron chi connectivity index (χ2n) is 19.6. The van der Waals surface area contributed by atoms with Crippen LogP contribution in [-0.2, 0) is 14.3 Å². The lowest BCUT2D eigenvalue weighted by Gasteiger charge is -2.72. The highest BCUT2D eigenvalue weighted by atomic mass is 16.5. The molecule has 2 heterocycles. The Labute approximate surface area is 316 Å². The number of ether oxygens (including phenoxy) is 1. The van der Waals surface area contributed by atoms with E-state index in [2.05, 4.69) is 70.9 Å². The lowest BCUT2D eigenvalue weighted by atomic mass is 9.33. The molecule has 1 aliphatic heterocycles. The fourth-order valence-corrected chi connectivity index (χ4v) is 14.0. The predicted molar refractivity (Wildman–Crippen MR) is 207 cm³/mol. The Morgan fingerprint density at radius 2 is 1.68 bits per heavy atom. The number of esters is 1. The van der Waals surface area contributed by atoms with E-state index in [1.807, 2.05) is 29.3 Å². The van der Waals surface area contributed by atoms with Gasteiger partial charge in [-0.2, -0.15) is 0 Å². The summed E-state index contributed by atoms with van der Waals surface area (Å²) < 4.78 is 5.97. The number of nitrogens with zero attached hydrogens (tertiary/aromatic N) is 2. The molecule has 8 heteroatoms. The molecule has 6 aliphatic rings. The van der Waals surface area contributed by atoms with E-state index in [1.54, 1.807) is 6.92 Å². The minimum Gasteiger partial charge on any atom is -0.462 e. The Hall–Kier alpha value is -3.42. The van der Waals surface area contributed by atoms with E-state index in [0.717, 1.165) is 86.9 Å². The van der Waals surface area contributed by atoms with Crippen LogP contribution >= 0.6 is 0 Å². The number of carbonyl (C=O) groups excluding carboxylic acids is 3. The van der Waals surface area contributed by atoms with Crippen molar-refractivity contribution in [2.45, 2.75) is 144 Å². The van der Waals surface area contributed by atoms with Crippen LogP contribution in [0.5, 0.6) is 0 Å². The standard InChI is InChI=1S/C45H62N4O4/c1-27(2)37-33(51)25-45(48-40(52)49-24-12-15-32(49)39-46-26-31(47-39)29-13-10-9-11-14-29)23-22-43(7)30(38(37)45)16-17-35-42(6)20-19-36(53-28(3)50)41(4,5)34(42)18-21-44(35,43)8/h9-11,13-14,26-27,30,32,34-36H,12,15-25H2,1-8H3,(H,46,47)(H,48,52). The maximum Gasteiger partial charge on any atom is 0.318 e. The number of allylic oxidation sites excluding steroid dienone is 1. The monoisotopic (exact) mass is 722 g/mol. The number of hydrogen-bond donors (Lipinski definition) is 2. The third kappa shape index (κ3) is 5.33. The number of benzene rings is 1. The number of ketones is 1. The Balaban J connectivity index is 1.09. The summed E-state index contributed by atoms with van der Waals surface area (Å²) in [5.74, 6) is 2.27. The zero-order valence-electron chi connectivity index (χ0n) is 33.4. The van der Waals surface area contributed by atoms with Crippen LogP contribution in [-0.4, -0.2) is 50.8 Å². The van der Waals surface area contributed by atoms with Crippen LogP contribution in [0.4, 0.5) is 4.79 Å². The first kappa shape index (κ1) is 36.6. The van der Waals surface area contributed by atoms with Crippen molar-refractivity contribution in [2.24, 2.45) is 45.3 Å². The fourth-order valence-electron chi connectivity index (χ4n) is 14.0. The topological polar surface area (TPSA) is 104 Å². The van der Waals surface area contributed by atoms with Crippen molar-refractivity contribution in [1.82, 2.24) is 20.2 Å². The lowest BCUT2D eigenvalue weighted by Crippen LogP contribution is -2.67. The highest BCUT2D eigenvalue weighted by Gasteiger charge is 2.70. The number of likely N-dealkylation sites (tertiary alicyclic amines) is 1. The first-order valence-corrected chi connectivity index (χ1v) is 20.7. The molecule has 9 unspecified atom stereocenters. The normalized spacial score (nSPS) is 38.9. The Bertz CT molecular complexity index is 1830. The van der Waals surface area contributed by atoms with Crippen molar-refractivity contribution in [2.75, 3.05) is 6.54 Å². The van der Waals surface area contributed by atoms with Gasteiger partial charge in [-0.25, -0.2) is 9.78 Å². The molecule has 0 radical (unpaired) electrons. The molecule has 4 saturated carbocycles. The smallest absolute Gasteiger partial charge is 0.318 e. The number of Topliss-reactive ketones (excluding diaryl/α,β-unsaturated/α-hetero) is 1. The van der Waals surface area contributed by atoms with Crippen molar-refractivity contribution in [1.29, 1.82) is 0 Å². The van der Waals surface area contributed by atoms with Gasteiger partial charge in [-0.15, -0.1) is 0 Å². The van der Waals surface area contributed by atoms with Crippen LogP contribution in [0.3, 0.4) is 0 Å². The minimum atomic E-state index is -0.641. The summed E-state index contributed by atoms with van der Waals surface area (Å²) in [6, 6.07) is 10.0. The number of urea groups is 1. The number of hydrogen-bond acceptors (Lipinski definition) is 5. The van der Waals surface area contributed by atoms with Gasteiger partial charge >= 0.3 is 12.0 Å². The van der Waals surface area contributed by atoms with Gasteiger partial charge in [0.2, 0.25) is 0 Å². The largest absolute Gasteiger partial charge is 0.462 e. The number of fused-ring (bicyclic) bond motifs is 7. The molecule has 0 spiro atoms. The summed E-state index contributed by atoms with van der Waals surface area (Å²) in [4.78, 5) is 51.2. The summed E-state index contributed by atoms with van der Waals surface area (Å²) in [5.41, 5.74) is 3.83. The molecule has 0 bridgehead atoms. The van der Waals surface area contributed by atoms with Gasteiger partial charge in [0.15, 0.2) is 5.78 Å². The molecule has 8 rings (SSSR count). The van der Waals surface area contributed by atoms with E-state index < -0.39 is 5.54 Å². The molecule has 53 heavy (non-hydrogen) atoms. The summed E-state index contributed by atoms with van der Waals surface area (Å²) in [6.45, 7) is 19.0.